The summed E-state index contributed by atoms with van der Waals surface area (Å²) < 4.78 is 51.6. The monoisotopic (exact) mass is 293 g/mol. The van der Waals surface area contributed by atoms with Crippen molar-refractivity contribution in [1.29, 1.82) is 0 Å². The summed E-state index contributed by atoms with van der Waals surface area (Å²) in [5.41, 5.74) is 0.701. The number of nitrogens with one attached hydrogen (secondary N) is 1. The molecule has 114 valence electrons. The van der Waals surface area contributed by atoms with Gasteiger partial charge in [-0.25, -0.2) is 0 Å². The molecule has 0 amide bonds. The smallest absolute Gasteiger partial charge is 0.390 e. The highest BCUT2D eigenvalue weighted by Crippen LogP contribution is 2.34. The highest BCUT2D eigenvalue weighted by atomic mass is 19.4. The van der Waals surface area contributed by atoms with Crippen molar-refractivity contribution < 1.29 is 27.4 Å². The van der Waals surface area contributed by atoms with Crippen LogP contribution in [0.4, 0.5) is 13.2 Å². The zero-order valence-corrected chi connectivity index (χ0v) is 11.6. The largest absolute Gasteiger partial charge is 0.496 e. The van der Waals surface area contributed by atoms with Gasteiger partial charge in [-0.3, -0.25) is 0 Å². The van der Waals surface area contributed by atoms with Crippen LogP contribution in [0.15, 0.2) is 12.1 Å². The zero-order chi connectivity index (χ0) is 15.2. The Morgan fingerprint density at radius 1 is 0.950 bits per heavy atom. The van der Waals surface area contributed by atoms with Crippen molar-refractivity contribution >= 4 is 0 Å². The Morgan fingerprint density at radius 3 is 2.00 bits per heavy atom. The van der Waals surface area contributed by atoms with E-state index in [1.807, 2.05) is 0 Å². The summed E-state index contributed by atoms with van der Waals surface area (Å²) >= 11 is 0. The topological polar surface area (TPSA) is 39.7 Å². The molecule has 1 aromatic rings. The average Bonchev–Trinajstić information content (AvgIpc) is 2.41. The molecule has 1 aromatic carbocycles. The van der Waals surface area contributed by atoms with E-state index in [1.54, 1.807) is 12.1 Å². The quantitative estimate of drug-likeness (QED) is 0.785. The normalized spacial score (nSPS) is 11.3. The molecule has 7 heteroatoms. The second-order valence-electron chi connectivity index (χ2n) is 4.06. The van der Waals surface area contributed by atoms with Gasteiger partial charge in [0.2, 0.25) is 0 Å². The molecule has 0 aliphatic rings. The zero-order valence-electron chi connectivity index (χ0n) is 11.6. The van der Waals surface area contributed by atoms with Crippen LogP contribution in [0.25, 0.3) is 0 Å². The molecular weight excluding hydrogens is 275 g/mol. The first-order valence-corrected chi connectivity index (χ1v) is 5.97. The van der Waals surface area contributed by atoms with Crippen molar-refractivity contribution in [3.63, 3.8) is 0 Å². The van der Waals surface area contributed by atoms with Crippen molar-refractivity contribution in [3.8, 4) is 17.2 Å². The van der Waals surface area contributed by atoms with Crippen molar-refractivity contribution in [2.45, 2.75) is 19.1 Å². The predicted octanol–water partition coefficient (Wildman–Crippen LogP) is 2.75. The van der Waals surface area contributed by atoms with E-state index >= 15 is 0 Å². The summed E-state index contributed by atoms with van der Waals surface area (Å²) in [5.74, 6) is 1.53. The SMILES string of the molecule is COc1cc(OC)c(OC)cc1CNCCC(F)(F)F. The molecule has 0 aromatic heterocycles. The van der Waals surface area contributed by atoms with Gasteiger partial charge in [-0.15, -0.1) is 0 Å². The summed E-state index contributed by atoms with van der Waals surface area (Å²) in [7, 11) is 4.48. The van der Waals surface area contributed by atoms with E-state index < -0.39 is 12.6 Å². The molecular formula is C13H18F3NO3. The standard InChI is InChI=1S/C13H18F3NO3/c1-18-10-7-12(20-3)11(19-2)6-9(10)8-17-5-4-13(14,15)16/h6-7,17H,4-5,8H2,1-3H3. The van der Waals surface area contributed by atoms with E-state index in [0.717, 1.165) is 0 Å². The second-order valence-corrected chi connectivity index (χ2v) is 4.06. The Balaban J connectivity index is 2.73. The van der Waals surface area contributed by atoms with Gasteiger partial charge in [0.25, 0.3) is 0 Å². The maximum Gasteiger partial charge on any atom is 0.390 e. The van der Waals surface area contributed by atoms with Crippen LogP contribution in [0.2, 0.25) is 0 Å². The number of methoxy groups -OCH3 is 3. The maximum absolute atomic E-state index is 12.0. The number of benzene rings is 1. The van der Waals surface area contributed by atoms with Gasteiger partial charge in [-0.1, -0.05) is 0 Å². The Kier molecular flexibility index (Phi) is 5.94. The molecule has 0 heterocycles. The highest BCUT2D eigenvalue weighted by molar-refractivity contribution is 5.50. The van der Waals surface area contributed by atoms with E-state index in [-0.39, 0.29) is 13.1 Å². The van der Waals surface area contributed by atoms with E-state index in [0.29, 0.717) is 22.8 Å². The first-order valence-electron chi connectivity index (χ1n) is 5.97. The lowest BCUT2D eigenvalue weighted by Crippen LogP contribution is -2.21. The predicted molar refractivity (Wildman–Crippen MR) is 68.5 cm³/mol. The summed E-state index contributed by atoms with van der Waals surface area (Å²) in [6.45, 7) is 0.0978. The van der Waals surface area contributed by atoms with Gasteiger partial charge in [0, 0.05) is 24.7 Å². The third-order valence-corrected chi connectivity index (χ3v) is 2.69. The summed E-state index contributed by atoms with van der Waals surface area (Å²) in [4.78, 5) is 0. The van der Waals surface area contributed by atoms with E-state index in [2.05, 4.69) is 5.32 Å². The minimum absolute atomic E-state index is 0.152. The molecule has 0 saturated heterocycles. The molecule has 0 aliphatic carbocycles. The van der Waals surface area contributed by atoms with Crippen LogP contribution >= 0.6 is 0 Å². The second kappa shape index (κ2) is 7.23. The fourth-order valence-corrected chi connectivity index (χ4v) is 1.68. The number of rotatable bonds is 7. The van der Waals surface area contributed by atoms with Gasteiger partial charge < -0.3 is 19.5 Å². The molecule has 1 N–H and O–H groups in total. The van der Waals surface area contributed by atoms with Crippen molar-refractivity contribution in [2.24, 2.45) is 0 Å². The number of hydrogen-bond donors (Lipinski definition) is 1. The van der Waals surface area contributed by atoms with Crippen molar-refractivity contribution in [3.05, 3.63) is 17.7 Å². The lowest BCUT2D eigenvalue weighted by molar-refractivity contribution is -0.133. The lowest BCUT2D eigenvalue weighted by Gasteiger charge is -2.15. The third-order valence-electron chi connectivity index (χ3n) is 2.69. The molecule has 0 bridgehead atoms. The highest BCUT2D eigenvalue weighted by Gasteiger charge is 2.26. The Hall–Kier alpha value is -1.63. The van der Waals surface area contributed by atoms with Crippen LogP contribution in [-0.4, -0.2) is 34.1 Å². The van der Waals surface area contributed by atoms with Gasteiger partial charge in [-0.2, -0.15) is 13.2 Å². The first-order chi connectivity index (χ1) is 9.41. The van der Waals surface area contributed by atoms with Gasteiger partial charge in [0.15, 0.2) is 11.5 Å². The third kappa shape index (κ3) is 4.80. The molecule has 0 fully saturated rings. The molecule has 0 radical (unpaired) electrons. The minimum atomic E-state index is -4.16. The van der Waals surface area contributed by atoms with Crippen LogP contribution in [-0.2, 0) is 6.54 Å². The van der Waals surface area contributed by atoms with Crippen molar-refractivity contribution in [1.82, 2.24) is 5.32 Å². The van der Waals surface area contributed by atoms with Crippen LogP contribution in [0.1, 0.15) is 12.0 Å². The van der Waals surface area contributed by atoms with Crippen LogP contribution in [0.5, 0.6) is 17.2 Å². The summed E-state index contributed by atoms with van der Waals surface area (Å²) in [6.07, 6.45) is -5.03. The number of alkyl halides is 3. The minimum Gasteiger partial charge on any atom is -0.496 e. The molecule has 0 saturated carbocycles. The Bertz CT molecular complexity index is 436. The molecule has 4 nitrogen and oxygen atoms in total. The average molecular weight is 293 g/mol. The Morgan fingerprint density at radius 2 is 1.50 bits per heavy atom. The molecule has 0 aliphatic heterocycles. The fourth-order valence-electron chi connectivity index (χ4n) is 1.68. The molecule has 0 spiro atoms. The van der Waals surface area contributed by atoms with Crippen LogP contribution < -0.4 is 19.5 Å². The fraction of sp³-hybridized carbons (Fsp3) is 0.538. The van der Waals surface area contributed by atoms with E-state index in [4.69, 9.17) is 14.2 Å². The Labute approximate surface area is 115 Å². The van der Waals surface area contributed by atoms with Gasteiger partial charge in [0.05, 0.1) is 27.8 Å². The van der Waals surface area contributed by atoms with Gasteiger partial charge >= 0.3 is 6.18 Å². The van der Waals surface area contributed by atoms with E-state index in [9.17, 15) is 13.2 Å². The van der Waals surface area contributed by atoms with Crippen LogP contribution in [0, 0.1) is 0 Å². The molecule has 0 atom stereocenters. The number of halogens is 3. The number of ether oxygens (including phenoxy) is 3. The van der Waals surface area contributed by atoms with Gasteiger partial charge in [-0.05, 0) is 6.07 Å². The summed E-state index contributed by atoms with van der Waals surface area (Å²) in [6, 6.07) is 3.32. The van der Waals surface area contributed by atoms with Crippen molar-refractivity contribution in [2.75, 3.05) is 27.9 Å². The maximum atomic E-state index is 12.0. The van der Waals surface area contributed by atoms with Crippen LogP contribution in [0.3, 0.4) is 0 Å². The molecule has 1 rings (SSSR count). The van der Waals surface area contributed by atoms with Gasteiger partial charge in [0.1, 0.15) is 5.75 Å². The van der Waals surface area contributed by atoms with E-state index in [1.165, 1.54) is 21.3 Å². The molecule has 0 unspecified atom stereocenters. The number of hydrogen-bond acceptors (Lipinski definition) is 4. The lowest BCUT2D eigenvalue weighted by atomic mass is 10.1. The summed E-state index contributed by atoms with van der Waals surface area (Å²) in [5, 5.41) is 2.73. The first kappa shape index (κ1) is 16.4. The molecule has 20 heavy (non-hydrogen) atoms.